The van der Waals surface area contributed by atoms with E-state index in [2.05, 4.69) is 16.0 Å². The predicted octanol–water partition coefficient (Wildman–Crippen LogP) is 3.09. The molecule has 0 bridgehead atoms. The van der Waals surface area contributed by atoms with E-state index < -0.39 is 35.3 Å². The highest BCUT2D eigenvalue weighted by Gasteiger charge is 2.15. The van der Waals surface area contributed by atoms with Crippen molar-refractivity contribution in [2.75, 3.05) is 39.5 Å². The van der Waals surface area contributed by atoms with E-state index in [4.69, 9.17) is 14.2 Å². The lowest BCUT2D eigenvalue weighted by atomic mass is 10.2. The zero-order valence-electron chi connectivity index (χ0n) is 27.4. The van der Waals surface area contributed by atoms with Crippen molar-refractivity contribution in [3.05, 3.63) is 31.5 Å². The summed E-state index contributed by atoms with van der Waals surface area (Å²) in [4.78, 5) is 73.9. The number of nitrogens with zero attached hydrogens (tertiary/aromatic N) is 3. The second kappa shape index (κ2) is 24.5. The topological polar surface area (TPSA) is 181 Å². The van der Waals surface area contributed by atoms with E-state index >= 15 is 0 Å². The zero-order valence-corrected chi connectivity index (χ0v) is 27.4. The molecule has 0 radical (unpaired) electrons. The van der Waals surface area contributed by atoms with Crippen LogP contribution in [0.4, 0.5) is 14.4 Å². The van der Waals surface area contributed by atoms with Crippen LogP contribution in [0.3, 0.4) is 0 Å². The van der Waals surface area contributed by atoms with Crippen molar-refractivity contribution < 1.29 is 28.6 Å². The maximum atomic E-state index is 13.3. The van der Waals surface area contributed by atoms with Gasteiger partial charge in [0.2, 0.25) is 0 Å². The van der Waals surface area contributed by atoms with Gasteiger partial charge in [-0.3, -0.25) is 0 Å². The molecule has 0 fully saturated rings. The first-order chi connectivity index (χ1) is 21.8. The number of hydrogen-bond donors (Lipinski definition) is 3. The van der Waals surface area contributed by atoms with Crippen LogP contribution in [0, 0.1) is 0 Å². The second-order valence-electron chi connectivity index (χ2n) is 10.5. The normalized spacial score (nSPS) is 10.7. The maximum Gasteiger partial charge on any atom is 0.407 e. The van der Waals surface area contributed by atoms with E-state index in [1.807, 2.05) is 0 Å². The average Bonchev–Trinajstić information content (AvgIpc) is 3.00. The fourth-order valence-electron chi connectivity index (χ4n) is 4.62. The monoisotopic (exact) mass is 642 g/mol. The number of ether oxygens (including phenoxy) is 3. The minimum Gasteiger partial charge on any atom is -0.450 e. The van der Waals surface area contributed by atoms with Gasteiger partial charge in [-0.05, 0) is 59.3 Å². The molecule has 3 amide bonds. The highest BCUT2D eigenvalue weighted by atomic mass is 16.6. The van der Waals surface area contributed by atoms with Crippen molar-refractivity contribution in [2.24, 2.45) is 0 Å². The van der Waals surface area contributed by atoms with Crippen LogP contribution in [-0.4, -0.2) is 71.4 Å². The molecule has 0 aliphatic carbocycles. The molecule has 0 aliphatic rings. The van der Waals surface area contributed by atoms with Crippen LogP contribution < -0.4 is 33.0 Å². The van der Waals surface area contributed by atoms with Crippen molar-refractivity contribution in [2.45, 2.75) is 117 Å². The lowest BCUT2D eigenvalue weighted by Crippen LogP contribution is -2.54. The minimum absolute atomic E-state index is 0.197. The molecule has 1 rings (SSSR count). The van der Waals surface area contributed by atoms with Crippen molar-refractivity contribution in [1.29, 1.82) is 0 Å². The molecule has 0 saturated carbocycles. The molecule has 0 aliphatic heterocycles. The van der Waals surface area contributed by atoms with Gasteiger partial charge < -0.3 is 30.2 Å². The summed E-state index contributed by atoms with van der Waals surface area (Å²) in [6, 6.07) is 0. The van der Waals surface area contributed by atoms with Crippen LogP contribution in [-0.2, 0) is 33.8 Å². The van der Waals surface area contributed by atoms with Gasteiger partial charge in [-0.25, -0.2) is 42.5 Å². The number of aromatic nitrogens is 3. The van der Waals surface area contributed by atoms with Gasteiger partial charge in [0.05, 0.1) is 19.8 Å². The number of carbonyl (C=O) groups is 3. The van der Waals surface area contributed by atoms with E-state index in [9.17, 15) is 28.8 Å². The molecule has 3 N–H and O–H groups in total. The van der Waals surface area contributed by atoms with Gasteiger partial charge in [-0.15, -0.1) is 0 Å². The predicted molar refractivity (Wildman–Crippen MR) is 170 cm³/mol. The Morgan fingerprint density at radius 1 is 0.444 bits per heavy atom. The lowest BCUT2D eigenvalue weighted by molar-refractivity contribution is 0.151. The van der Waals surface area contributed by atoms with E-state index in [0.717, 1.165) is 71.5 Å². The largest absolute Gasteiger partial charge is 0.450 e. The fraction of sp³-hybridized carbons (Fsp3) is 0.800. The van der Waals surface area contributed by atoms with Gasteiger partial charge in [0.1, 0.15) is 0 Å². The summed E-state index contributed by atoms with van der Waals surface area (Å²) in [6.45, 7) is 8.17. The van der Waals surface area contributed by atoms with Crippen LogP contribution in [0.2, 0.25) is 0 Å². The molecule has 0 unspecified atom stereocenters. The molecule has 1 aromatic rings. The van der Waals surface area contributed by atoms with Gasteiger partial charge in [-0.2, -0.15) is 0 Å². The van der Waals surface area contributed by atoms with Gasteiger partial charge in [0, 0.05) is 39.3 Å². The van der Waals surface area contributed by atoms with Gasteiger partial charge in [0.25, 0.3) is 0 Å². The number of unbranched alkanes of at least 4 members (excludes halogenated alkanes) is 9. The third-order valence-corrected chi connectivity index (χ3v) is 6.95. The number of carbonyl (C=O) groups excluding carboxylic acids is 3. The van der Waals surface area contributed by atoms with Crippen LogP contribution in [0.15, 0.2) is 14.4 Å². The lowest BCUT2D eigenvalue weighted by Gasteiger charge is -2.14. The van der Waals surface area contributed by atoms with Crippen molar-refractivity contribution in [3.63, 3.8) is 0 Å². The Labute approximate surface area is 265 Å². The Morgan fingerprint density at radius 3 is 0.933 bits per heavy atom. The highest BCUT2D eigenvalue weighted by Crippen LogP contribution is 2.03. The molecule has 0 spiro atoms. The Balaban J connectivity index is 2.76. The Hall–Kier alpha value is -3.78. The van der Waals surface area contributed by atoms with E-state index in [0.29, 0.717) is 58.7 Å². The van der Waals surface area contributed by atoms with Crippen LogP contribution in [0.25, 0.3) is 0 Å². The van der Waals surface area contributed by atoms with Gasteiger partial charge >= 0.3 is 35.3 Å². The first-order valence-corrected chi connectivity index (χ1v) is 16.4. The quantitative estimate of drug-likeness (QED) is 0.113. The molecule has 0 aromatic carbocycles. The molecule has 15 nitrogen and oxygen atoms in total. The van der Waals surface area contributed by atoms with E-state index in [1.54, 1.807) is 20.8 Å². The number of alkyl carbamates (subject to hydrolysis) is 3. The molecule has 45 heavy (non-hydrogen) atoms. The first kappa shape index (κ1) is 39.2. The third kappa shape index (κ3) is 16.8. The molecule has 15 heteroatoms. The molecular weight excluding hydrogens is 588 g/mol. The molecular formula is C30H54N6O9. The van der Waals surface area contributed by atoms with Crippen molar-refractivity contribution in [3.8, 4) is 0 Å². The molecule has 1 heterocycles. The van der Waals surface area contributed by atoms with E-state index in [-0.39, 0.29) is 19.6 Å². The molecule has 1 aromatic heterocycles. The summed E-state index contributed by atoms with van der Waals surface area (Å²) in [5.41, 5.74) is -1.79. The Kier molecular flexibility index (Phi) is 21.4. The SMILES string of the molecule is CCOC(=O)NCCCCCCn1c(=O)n(CCCCCCNC(=O)OCC)c(=O)n(CCCCCCNC(=O)OCC)c1=O. The standard InChI is InChI=1S/C30H54N6O9/c1-4-43-25(37)31-19-13-7-10-16-22-34-28(40)35(23-17-11-8-14-20-32-26(38)44-5-2)30(42)36(29(34)41)24-18-12-9-15-21-33-27(39)45-6-3/h4-24H2,1-3H3,(H,31,37)(H,32,38)(H,33,39). The Bertz CT molecular complexity index is 1000. The second-order valence-corrected chi connectivity index (χ2v) is 10.5. The Morgan fingerprint density at radius 2 is 0.689 bits per heavy atom. The molecule has 258 valence electrons. The van der Waals surface area contributed by atoms with Gasteiger partial charge in [0.15, 0.2) is 0 Å². The van der Waals surface area contributed by atoms with Crippen molar-refractivity contribution >= 4 is 18.3 Å². The maximum absolute atomic E-state index is 13.3. The summed E-state index contributed by atoms with van der Waals surface area (Å²) in [7, 11) is 0. The third-order valence-electron chi connectivity index (χ3n) is 6.95. The highest BCUT2D eigenvalue weighted by molar-refractivity contribution is 5.67. The summed E-state index contributed by atoms with van der Waals surface area (Å²) in [5, 5.41) is 8.00. The number of rotatable bonds is 24. The summed E-state index contributed by atoms with van der Waals surface area (Å²) < 4.78 is 18.0. The molecule has 0 atom stereocenters. The number of amides is 3. The van der Waals surface area contributed by atoms with Crippen LogP contribution >= 0.6 is 0 Å². The average molecular weight is 643 g/mol. The summed E-state index contributed by atoms with van der Waals surface area (Å²) in [5.74, 6) is 0. The van der Waals surface area contributed by atoms with Crippen LogP contribution in [0.1, 0.15) is 97.8 Å². The minimum atomic E-state index is -0.598. The smallest absolute Gasteiger partial charge is 0.407 e. The zero-order chi connectivity index (χ0) is 33.3. The summed E-state index contributed by atoms with van der Waals surface area (Å²) in [6.07, 6.45) is 7.22. The van der Waals surface area contributed by atoms with Gasteiger partial charge in [-0.1, -0.05) is 38.5 Å². The van der Waals surface area contributed by atoms with E-state index in [1.165, 1.54) is 0 Å². The van der Waals surface area contributed by atoms with Crippen LogP contribution in [0.5, 0.6) is 0 Å². The van der Waals surface area contributed by atoms with Crippen molar-refractivity contribution in [1.82, 2.24) is 29.7 Å². The number of hydrogen-bond acceptors (Lipinski definition) is 9. The number of nitrogens with one attached hydrogen (secondary N) is 3. The first-order valence-electron chi connectivity index (χ1n) is 16.4. The molecule has 0 saturated heterocycles. The summed E-state index contributed by atoms with van der Waals surface area (Å²) >= 11 is 0. The fourth-order valence-corrected chi connectivity index (χ4v) is 4.62.